The zero-order chi connectivity index (χ0) is 15.5. The predicted molar refractivity (Wildman–Crippen MR) is 85.8 cm³/mol. The van der Waals surface area contributed by atoms with Crippen LogP contribution in [0.2, 0.25) is 0 Å². The first-order chi connectivity index (χ1) is 9.94. The highest BCUT2D eigenvalue weighted by molar-refractivity contribution is 7.91. The van der Waals surface area contributed by atoms with E-state index in [4.69, 9.17) is 5.73 Å². The van der Waals surface area contributed by atoms with Gasteiger partial charge in [-0.2, -0.15) is 0 Å². The second-order valence-corrected chi connectivity index (χ2v) is 8.27. The van der Waals surface area contributed by atoms with Crippen molar-refractivity contribution in [3.63, 3.8) is 0 Å². The van der Waals surface area contributed by atoms with Crippen molar-refractivity contribution in [3.05, 3.63) is 29.8 Å². The maximum Gasteiger partial charge on any atom is 0.179 e. The molecule has 0 bridgehead atoms. The van der Waals surface area contributed by atoms with Gasteiger partial charge < -0.3 is 5.73 Å². The summed E-state index contributed by atoms with van der Waals surface area (Å²) in [5.74, 6) is 0.764. The van der Waals surface area contributed by atoms with Crippen LogP contribution in [-0.4, -0.2) is 38.2 Å². The molecule has 21 heavy (non-hydrogen) atoms. The van der Waals surface area contributed by atoms with E-state index in [0.717, 1.165) is 12.1 Å². The van der Waals surface area contributed by atoms with Gasteiger partial charge in [-0.1, -0.05) is 26.0 Å². The molecule has 0 spiro atoms. The zero-order valence-electron chi connectivity index (χ0n) is 13.0. The molecular weight excluding hydrogens is 284 g/mol. The monoisotopic (exact) mass is 310 g/mol. The second-order valence-electron chi connectivity index (χ2n) is 6.16. The molecule has 1 aliphatic heterocycles. The van der Waals surface area contributed by atoms with Crippen molar-refractivity contribution in [1.82, 2.24) is 4.90 Å². The first-order valence-corrected chi connectivity index (χ1v) is 9.35. The highest BCUT2D eigenvalue weighted by Crippen LogP contribution is 2.24. The number of rotatable bonds is 6. The van der Waals surface area contributed by atoms with Gasteiger partial charge in [-0.15, -0.1) is 0 Å². The SMILES string of the molecule is CC(C)C1CCCN1CCS(=O)(=O)c1cccc(CN)c1. The average Bonchev–Trinajstić information content (AvgIpc) is 2.94. The summed E-state index contributed by atoms with van der Waals surface area (Å²) in [6.07, 6.45) is 2.35. The maximum atomic E-state index is 12.5. The molecular formula is C16H26N2O2S. The van der Waals surface area contributed by atoms with E-state index >= 15 is 0 Å². The van der Waals surface area contributed by atoms with E-state index in [0.29, 0.717) is 29.9 Å². The van der Waals surface area contributed by atoms with Gasteiger partial charge in [0.25, 0.3) is 0 Å². The fourth-order valence-electron chi connectivity index (χ4n) is 3.11. The van der Waals surface area contributed by atoms with Gasteiger partial charge in [-0.3, -0.25) is 4.90 Å². The second kappa shape index (κ2) is 6.90. The Labute approximate surface area is 128 Å². The van der Waals surface area contributed by atoms with Gasteiger partial charge >= 0.3 is 0 Å². The number of nitrogens with zero attached hydrogens (tertiary/aromatic N) is 1. The number of hydrogen-bond donors (Lipinski definition) is 1. The Hall–Kier alpha value is -0.910. The molecule has 2 rings (SSSR count). The molecule has 0 amide bonds. The topological polar surface area (TPSA) is 63.4 Å². The van der Waals surface area contributed by atoms with Crippen LogP contribution in [-0.2, 0) is 16.4 Å². The van der Waals surface area contributed by atoms with Crippen molar-refractivity contribution >= 4 is 9.84 Å². The van der Waals surface area contributed by atoms with Crippen molar-refractivity contribution in [2.24, 2.45) is 11.7 Å². The van der Waals surface area contributed by atoms with E-state index in [1.807, 2.05) is 6.07 Å². The third kappa shape index (κ3) is 4.05. The molecule has 0 aliphatic carbocycles. The molecule has 1 aromatic rings. The lowest BCUT2D eigenvalue weighted by Crippen LogP contribution is -2.36. The molecule has 1 aromatic carbocycles. The van der Waals surface area contributed by atoms with E-state index in [1.54, 1.807) is 18.2 Å². The van der Waals surface area contributed by atoms with Crippen molar-refractivity contribution in [1.29, 1.82) is 0 Å². The lowest BCUT2D eigenvalue weighted by molar-refractivity contribution is 0.217. The van der Waals surface area contributed by atoms with Gasteiger partial charge in [0.2, 0.25) is 0 Å². The van der Waals surface area contributed by atoms with E-state index in [2.05, 4.69) is 18.7 Å². The number of benzene rings is 1. The summed E-state index contributed by atoms with van der Waals surface area (Å²) in [6.45, 7) is 6.43. The Morgan fingerprint density at radius 1 is 1.38 bits per heavy atom. The summed E-state index contributed by atoms with van der Waals surface area (Å²) in [6, 6.07) is 7.50. The fraction of sp³-hybridized carbons (Fsp3) is 0.625. The van der Waals surface area contributed by atoms with Crippen LogP contribution in [0.1, 0.15) is 32.3 Å². The minimum atomic E-state index is -3.23. The summed E-state index contributed by atoms with van der Waals surface area (Å²) in [5.41, 5.74) is 6.44. The van der Waals surface area contributed by atoms with Gasteiger partial charge in [0.1, 0.15) is 0 Å². The quantitative estimate of drug-likeness (QED) is 0.873. The minimum absolute atomic E-state index is 0.185. The molecule has 1 unspecified atom stereocenters. The van der Waals surface area contributed by atoms with E-state index in [1.165, 1.54) is 12.8 Å². The normalized spacial score (nSPS) is 20.3. The third-order valence-corrected chi connectivity index (χ3v) is 6.02. The number of likely N-dealkylation sites (tertiary alicyclic amines) is 1. The molecule has 5 heteroatoms. The number of hydrogen-bond acceptors (Lipinski definition) is 4. The Morgan fingerprint density at radius 2 is 2.14 bits per heavy atom. The van der Waals surface area contributed by atoms with Crippen LogP contribution in [0.3, 0.4) is 0 Å². The fourth-order valence-corrected chi connectivity index (χ4v) is 4.43. The largest absolute Gasteiger partial charge is 0.326 e. The van der Waals surface area contributed by atoms with Crippen LogP contribution in [0, 0.1) is 5.92 Å². The molecule has 1 atom stereocenters. The van der Waals surface area contributed by atoms with Crippen LogP contribution in [0.25, 0.3) is 0 Å². The lowest BCUT2D eigenvalue weighted by Gasteiger charge is -2.27. The maximum absolute atomic E-state index is 12.5. The van der Waals surface area contributed by atoms with Crippen LogP contribution in [0.5, 0.6) is 0 Å². The smallest absolute Gasteiger partial charge is 0.179 e. The Bertz CT molecular complexity index is 569. The number of sulfone groups is 1. The Balaban J connectivity index is 2.04. The van der Waals surface area contributed by atoms with Crippen molar-refractivity contribution < 1.29 is 8.42 Å². The lowest BCUT2D eigenvalue weighted by atomic mass is 10.0. The molecule has 118 valence electrons. The van der Waals surface area contributed by atoms with E-state index in [9.17, 15) is 8.42 Å². The zero-order valence-corrected chi connectivity index (χ0v) is 13.8. The van der Waals surface area contributed by atoms with Crippen molar-refractivity contribution in [3.8, 4) is 0 Å². The summed E-state index contributed by atoms with van der Waals surface area (Å²) in [7, 11) is -3.23. The molecule has 4 nitrogen and oxygen atoms in total. The third-order valence-electron chi connectivity index (χ3n) is 4.32. The molecule has 0 radical (unpaired) electrons. The van der Waals surface area contributed by atoms with Gasteiger partial charge in [0.15, 0.2) is 9.84 Å². The summed E-state index contributed by atoms with van der Waals surface area (Å²) in [4.78, 5) is 2.72. The van der Waals surface area contributed by atoms with Crippen LogP contribution in [0.15, 0.2) is 29.2 Å². The molecule has 0 saturated carbocycles. The molecule has 2 N–H and O–H groups in total. The molecule has 1 saturated heterocycles. The standard InChI is InChI=1S/C16H26N2O2S/c1-13(2)16-7-4-8-18(16)9-10-21(19,20)15-6-3-5-14(11-15)12-17/h3,5-6,11,13,16H,4,7-10,12,17H2,1-2H3. The molecule has 1 fully saturated rings. The first kappa shape index (κ1) is 16.5. The van der Waals surface area contributed by atoms with Crippen molar-refractivity contribution in [2.45, 2.75) is 44.2 Å². The molecule has 1 heterocycles. The van der Waals surface area contributed by atoms with Crippen LogP contribution >= 0.6 is 0 Å². The predicted octanol–water partition coefficient (Wildman–Crippen LogP) is 2.04. The molecule has 1 aliphatic rings. The van der Waals surface area contributed by atoms with Crippen molar-refractivity contribution in [2.75, 3.05) is 18.8 Å². The van der Waals surface area contributed by atoms with Crippen LogP contribution in [0.4, 0.5) is 0 Å². The minimum Gasteiger partial charge on any atom is -0.326 e. The first-order valence-electron chi connectivity index (χ1n) is 7.70. The Morgan fingerprint density at radius 3 is 2.81 bits per heavy atom. The summed E-state index contributed by atoms with van der Waals surface area (Å²) in [5, 5.41) is 0. The van der Waals surface area contributed by atoms with E-state index in [-0.39, 0.29) is 5.75 Å². The Kier molecular flexibility index (Phi) is 5.41. The highest BCUT2D eigenvalue weighted by Gasteiger charge is 2.28. The summed E-state index contributed by atoms with van der Waals surface area (Å²) >= 11 is 0. The van der Waals surface area contributed by atoms with Gasteiger partial charge in [-0.25, -0.2) is 8.42 Å². The van der Waals surface area contributed by atoms with Gasteiger partial charge in [0, 0.05) is 19.1 Å². The van der Waals surface area contributed by atoms with Gasteiger partial charge in [-0.05, 0) is 43.0 Å². The van der Waals surface area contributed by atoms with E-state index < -0.39 is 9.84 Å². The number of nitrogens with two attached hydrogens (primary N) is 1. The highest BCUT2D eigenvalue weighted by atomic mass is 32.2. The van der Waals surface area contributed by atoms with Crippen LogP contribution < -0.4 is 5.73 Å². The average molecular weight is 310 g/mol. The summed E-state index contributed by atoms with van der Waals surface area (Å²) < 4.78 is 24.9. The van der Waals surface area contributed by atoms with Gasteiger partial charge in [0.05, 0.1) is 10.6 Å². The molecule has 0 aromatic heterocycles.